The van der Waals surface area contributed by atoms with Crippen LogP contribution in [-0.4, -0.2) is 24.9 Å². The first-order valence-electron chi connectivity index (χ1n) is 6.07. The highest BCUT2D eigenvalue weighted by Gasteiger charge is 2.21. The molecule has 3 rings (SSSR count). The van der Waals surface area contributed by atoms with Crippen molar-refractivity contribution in [3.63, 3.8) is 0 Å². The van der Waals surface area contributed by atoms with Crippen molar-refractivity contribution in [3.8, 4) is 5.75 Å². The van der Waals surface area contributed by atoms with E-state index in [9.17, 15) is 8.42 Å². The Morgan fingerprint density at radius 2 is 2.24 bits per heavy atom. The van der Waals surface area contributed by atoms with Crippen LogP contribution in [0, 0.1) is 0 Å². The summed E-state index contributed by atoms with van der Waals surface area (Å²) in [5.41, 5.74) is 6.48. The first kappa shape index (κ1) is 13.9. The van der Waals surface area contributed by atoms with Crippen molar-refractivity contribution in [2.45, 2.75) is 10.6 Å². The third-order valence-electron chi connectivity index (χ3n) is 3.04. The number of nitrogens with zero attached hydrogens (tertiary/aromatic N) is 2. The number of methoxy groups -OCH3 is 1. The summed E-state index contributed by atoms with van der Waals surface area (Å²) < 4.78 is 31.9. The fourth-order valence-corrected chi connectivity index (χ4v) is 4.15. The lowest BCUT2D eigenvalue weighted by atomic mass is 10.3. The maximum Gasteiger partial charge on any atom is 0.193 e. The summed E-state index contributed by atoms with van der Waals surface area (Å²) in [4.78, 5) is 5.12. The summed E-state index contributed by atoms with van der Waals surface area (Å²) in [6, 6.07) is 4.58. The summed E-state index contributed by atoms with van der Waals surface area (Å²) in [5.74, 6) is 0.257. The predicted molar refractivity (Wildman–Crippen MR) is 81.4 cm³/mol. The lowest BCUT2D eigenvalue weighted by Crippen LogP contribution is -2.08. The Kier molecular flexibility index (Phi) is 3.34. The molecule has 0 atom stereocenters. The number of sulfone groups is 1. The zero-order valence-corrected chi connectivity index (χ0v) is 12.8. The van der Waals surface area contributed by atoms with Gasteiger partial charge in [-0.1, -0.05) is 0 Å². The SMILES string of the molecule is COc1ccc(N)c(S(=O)(=O)Cc2cn3ccsc3n2)c1. The highest BCUT2D eigenvalue weighted by molar-refractivity contribution is 7.90. The average Bonchev–Trinajstić information content (AvgIpc) is 2.99. The van der Waals surface area contributed by atoms with Gasteiger partial charge in [-0.15, -0.1) is 11.3 Å². The monoisotopic (exact) mass is 323 g/mol. The molecule has 2 N–H and O–H groups in total. The molecule has 0 fully saturated rings. The van der Waals surface area contributed by atoms with Crippen molar-refractivity contribution in [3.05, 3.63) is 41.7 Å². The summed E-state index contributed by atoms with van der Waals surface area (Å²) in [6.45, 7) is 0. The van der Waals surface area contributed by atoms with E-state index < -0.39 is 9.84 Å². The van der Waals surface area contributed by atoms with Crippen LogP contribution in [0.4, 0.5) is 5.69 Å². The number of rotatable bonds is 4. The minimum absolute atomic E-state index is 0.0678. The van der Waals surface area contributed by atoms with Crippen molar-refractivity contribution in [2.75, 3.05) is 12.8 Å². The van der Waals surface area contributed by atoms with Gasteiger partial charge in [0, 0.05) is 23.8 Å². The Morgan fingerprint density at radius 1 is 1.43 bits per heavy atom. The third kappa shape index (κ3) is 2.59. The van der Waals surface area contributed by atoms with Crippen LogP contribution < -0.4 is 10.5 Å². The molecule has 6 nitrogen and oxygen atoms in total. The van der Waals surface area contributed by atoms with Gasteiger partial charge in [0.05, 0.1) is 29.1 Å². The van der Waals surface area contributed by atoms with E-state index in [1.54, 1.807) is 16.7 Å². The summed E-state index contributed by atoms with van der Waals surface area (Å²) in [7, 11) is -2.10. The molecule has 1 aromatic carbocycles. The van der Waals surface area contributed by atoms with Crippen molar-refractivity contribution in [2.24, 2.45) is 0 Å². The van der Waals surface area contributed by atoms with Gasteiger partial charge in [-0.2, -0.15) is 0 Å². The lowest BCUT2D eigenvalue weighted by Gasteiger charge is -2.08. The van der Waals surface area contributed by atoms with Crippen molar-refractivity contribution < 1.29 is 13.2 Å². The molecule has 0 radical (unpaired) electrons. The minimum Gasteiger partial charge on any atom is -0.497 e. The second-order valence-corrected chi connectivity index (χ2v) is 7.32. The van der Waals surface area contributed by atoms with Crippen molar-refractivity contribution in [1.82, 2.24) is 9.38 Å². The van der Waals surface area contributed by atoms with E-state index in [-0.39, 0.29) is 16.3 Å². The molecule has 3 aromatic rings. The van der Waals surface area contributed by atoms with Gasteiger partial charge >= 0.3 is 0 Å². The first-order chi connectivity index (χ1) is 9.99. The summed E-state index contributed by atoms with van der Waals surface area (Å²) in [6.07, 6.45) is 3.54. The van der Waals surface area contributed by atoms with Gasteiger partial charge in [-0.05, 0) is 12.1 Å². The van der Waals surface area contributed by atoms with E-state index in [1.807, 2.05) is 11.6 Å². The molecule has 21 heavy (non-hydrogen) atoms. The highest BCUT2D eigenvalue weighted by Crippen LogP contribution is 2.27. The largest absolute Gasteiger partial charge is 0.497 e. The lowest BCUT2D eigenvalue weighted by molar-refractivity contribution is 0.413. The van der Waals surface area contributed by atoms with Gasteiger partial charge in [0.15, 0.2) is 14.8 Å². The Morgan fingerprint density at radius 3 is 2.95 bits per heavy atom. The quantitative estimate of drug-likeness (QED) is 0.742. The molecule has 0 saturated carbocycles. The number of fused-ring (bicyclic) bond motifs is 1. The number of nitrogen functional groups attached to an aromatic ring is 1. The molecule has 0 aliphatic heterocycles. The number of thiazole rings is 1. The predicted octanol–water partition coefficient (Wildman–Crippen LogP) is 1.96. The third-order valence-corrected chi connectivity index (χ3v) is 5.51. The maximum atomic E-state index is 12.5. The molecule has 2 heterocycles. The van der Waals surface area contributed by atoms with Gasteiger partial charge in [-0.3, -0.25) is 4.40 Å². The topological polar surface area (TPSA) is 86.7 Å². The van der Waals surface area contributed by atoms with Crippen LogP contribution in [0.15, 0.2) is 40.9 Å². The van der Waals surface area contributed by atoms with Crippen LogP contribution in [0.1, 0.15) is 5.69 Å². The van der Waals surface area contributed by atoms with Crippen LogP contribution in [0.25, 0.3) is 4.96 Å². The normalized spacial score (nSPS) is 11.9. The van der Waals surface area contributed by atoms with E-state index in [1.165, 1.54) is 30.6 Å². The van der Waals surface area contributed by atoms with E-state index in [2.05, 4.69) is 4.98 Å². The number of ether oxygens (including phenoxy) is 1. The number of hydrogen-bond donors (Lipinski definition) is 1. The van der Waals surface area contributed by atoms with Crippen molar-refractivity contribution in [1.29, 1.82) is 0 Å². The van der Waals surface area contributed by atoms with E-state index in [0.29, 0.717) is 11.4 Å². The molecule has 0 aliphatic rings. The van der Waals surface area contributed by atoms with E-state index >= 15 is 0 Å². The Hall–Kier alpha value is -2.06. The number of hydrogen-bond acceptors (Lipinski definition) is 6. The Balaban J connectivity index is 1.98. The van der Waals surface area contributed by atoms with Crippen molar-refractivity contribution >= 4 is 31.8 Å². The number of imidazole rings is 1. The Labute approximate surface area is 125 Å². The van der Waals surface area contributed by atoms with Crippen LogP contribution >= 0.6 is 11.3 Å². The van der Waals surface area contributed by atoms with Crippen LogP contribution in [0.5, 0.6) is 5.75 Å². The molecule has 0 aliphatic carbocycles. The summed E-state index contributed by atoms with van der Waals surface area (Å²) >= 11 is 1.45. The minimum atomic E-state index is -3.58. The zero-order valence-electron chi connectivity index (χ0n) is 11.2. The van der Waals surface area contributed by atoms with Gasteiger partial charge < -0.3 is 10.5 Å². The number of anilines is 1. The molecule has 2 aromatic heterocycles. The van der Waals surface area contributed by atoms with E-state index in [4.69, 9.17) is 10.5 Å². The smallest absolute Gasteiger partial charge is 0.193 e. The molecular formula is C13H13N3O3S2. The second-order valence-electron chi connectivity index (χ2n) is 4.49. The van der Waals surface area contributed by atoms with Gasteiger partial charge in [-0.25, -0.2) is 13.4 Å². The fourth-order valence-electron chi connectivity index (χ4n) is 2.03. The van der Waals surface area contributed by atoms with Gasteiger partial charge in [0.2, 0.25) is 0 Å². The highest BCUT2D eigenvalue weighted by atomic mass is 32.2. The molecule has 110 valence electrons. The number of aromatic nitrogens is 2. The average molecular weight is 323 g/mol. The fraction of sp³-hybridized carbons (Fsp3) is 0.154. The second kappa shape index (κ2) is 5.05. The molecule has 0 unspecified atom stereocenters. The van der Waals surface area contributed by atoms with E-state index in [0.717, 1.165) is 4.96 Å². The summed E-state index contributed by atoms with van der Waals surface area (Å²) in [5, 5.41) is 1.89. The molecule has 0 amide bonds. The molecule has 0 bridgehead atoms. The first-order valence-corrected chi connectivity index (χ1v) is 8.60. The number of nitrogens with two attached hydrogens (primary N) is 1. The zero-order chi connectivity index (χ0) is 15.0. The van der Waals surface area contributed by atoms with Crippen LogP contribution in [0.2, 0.25) is 0 Å². The van der Waals surface area contributed by atoms with Crippen LogP contribution in [0.3, 0.4) is 0 Å². The van der Waals surface area contributed by atoms with Gasteiger partial charge in [0.25, 0.3) is 0 Å². The molecule has 8 heteroatoms. The number of benzene rings is 1. The molecule has 0 saturated heterocycles. The molecular weight excluding hydrogens is 310 g/mol. The maximum absolute atomic E-state index is 12.5. The van der Waals surface area contributed by atoms with Crippen LogP contribution in [-0.2, 0) is 15.6 Å². The molecule has 0 spiro atoms. The Bertz CT molecular complexity index is 868. The van der Waals surface area contributed by atoms with Gasteiger partial charge in [0.1, 0.15) is 5.75 Å². The standard InChI is InChI=1S/C13H13N3O3S2/c1-19-10-2-3-11(14)12(6-10)21(17,18)8-9-7-16-4-5-20-13(16)15-9/h2-7H,8,14H2,1H3.